The average molecular weight is 421 g/mol. The molecule has 0 spiro atoms. The fourth-order valence-electron chi connectivity index (χ4n) is 5.97. The first kappa shape index (κ1) is 20.8. The van der Waals surface area contributed by atoms with Crippen molar-refractivity contribution in [3.63, 3.8) is 0 Å². The second kappa shape index (κ2) is 7.67. The zero-order valence-corrected chi connectivity index (χ0v) is 18.4. The Labute approximate surface area is 174 Å². The zero-order chi connectivity index (χ0) is 20.8. The Morgan fingerprint density at radius 1 is 1.10 bits per heavy atom. The van der Waals surface area contributed by atoms with Crippen LogP contribution in [0.15, 0.2) is 29.2 Å². The maximum absolute atomic E-state index is 12.5. The molecular formula is C22H32N2O4S. The number of nitrogens with one attached hydrogen (secondary N) is 1. The molecule has 1 N–H and O–H groups in total. The van der Waals surface area contributed by atoms with Crippen molar-refractivity contribution in [2.24, 2.45) is 17.8 Å². The lowest BCUT2D eigenvalue weighted by Gasteiger charge is -2.57. The van der Waals surface area contributed by atoms with Crippen molar-refractivity contribution in [3.05, 3.63) is 29.8 Å². The van der Waals surface area contributed by atoms with E-state index in [0.717, 1.165) is 22.1 Å². The summed E-state index contributed by atoms with van der Waals surface area (Å²) in [6.07, 6.45) is 7.65. The molecule has 1 amide bonds. The first-order valence-corrected chi connectivity index (χ1v) is 12.1. The minimum Gasteiger partial charge on any atom is -0.370 e. The Morgan fingerprint density at radius 2 is 1.62 bits per heavy atom. The molecule has 0 saturated heterocycles. The lowest BCUT2D eigenvalue weighted by atomic mass is 9.54. The summed E-state index contributed by atoms with van der Waals surface area (Å²) in [7, 11) is -0.515. The summed E-state index contributed by atoms with van der Waals surface area (Å²) in [6.45, 7) is 2.49. The molecule has 6 nitrogen and oxygen atoms in total. The third-order valence-corrected chi connectivity index (χ3v) is 8.71. The number of hydrogen-bond donors (Lipinski definition) is 1. The van der Waals surface area contributed by atoms with E-state index < -0.39 is 10.0 Å². The molecule has 0 aliphatic heterocycles. The summed E-state index contributed by atoms with van der Waals surface area (Å²) in [6, 6.07) is 6.05. The molecular weight excluding hydrogens is 388 g/mol. The molecule has 0 radical (unpaired) electrons. The molecule has 1 atom stereocenters. The number of hydrogen-bond acceptors (Lipinski definition) is 4. The standard InChI is InChI=1S/C22H32N2O4S/c1-15(28-22-11-16-8-17(12-22)10-18(9-16)13-22)14-23-21(25)19-4-6-20(7-5-19)29(26,27)24(2)3/h4-7,15-18H,8-14H2,1-3H3,(H,23,25)/t15-,16?,17?,18?,22?/m1/s1. The lowest BCUT2D eigenvalue weighted by Crippen LogP contribution is -2.53. The van der Waals surface area contributed by atoms with E-state index >= 15 is 0 Å². The first-order chi connectivity index (χ1) is 13.7. The van der Waals surface area contributed by atoms with Crippen molar-refractivity contribution in [2.75, 3.05) is 20.6 Å². The number of rotatable bonds is 7. The van der Waals surface area contributed by atoms with Gasteiger partial charge in [-0.2, -0.15) is 0 Å². The van der Waals surface area contributed by atoms with E-state index in [0.29, 0.717) is 12.1 Å². The summed E-state index contributed by atoms with van der Waals surface area (Å²) in [5.74, 6) is 2.29. The van der Waals surface area contributed by atoms with Crippen LogP contribution in [-0.4, -0.2) is 51.0 Å². The van der Waals surface area contributed by atoms with Gasteiger partial charge in [0.25, 0.3) is 5.91 Å². The molecule has 4 aliphatic carbocycles. The maximum atomic E-state index is 12.5. The Kier molecular flexibility index (Phi) is 5.51. The quantitative estimate of drug-likeness (QED) is 0.736. The molecule has 29 heavy (non-hydrogen) atoms. The minimum atomic E-state index is -3.49. The zero-order valence-electron chi connectivity index (χ0n) is 17.6. The minimum absolute atomic E-state index is 0.0289. The predicted molar refractivity (Wildman–Crippen MR) is 111 cm³/mol. The maximum Gasteiger partial charge on any atom is 0.251 e. The topological polar surface area (TPSA) is 75.7 Å². The van der Waals surface area contributed by atoms with Crippen LogP contribution >= 0.6 is 0 Å². The molecule has 1 aromatic rings. The van der Waals surface area contributed by atoms with Crippen molar-refractivity contribution in [3.8, 4) is 0 Å². The van der Waals surface area contributed by atoms with Crippen molar-refractivity contribution >= 4 is 15.9 Å². The number of carbonyl (C=O) groups excluding carboxylic acids is 1. The Hall–Kier alpha value is -1.44. The van der Waals surface area contributed by atoms with Crippen LogP contribution in [0, 0.1) is 17.8 Å². The predicted octanol–water partition coefficient (Wildman–Crippen LogP) is 3.04. The SMILES string of the molecule is C[C@H](CNC(=O)c1ccc(S(=O)(=O)N(C)C)cc1)OC12CC3CC(CC(C3)C1)C2. The van der Waals surface area contributed by atoms with Gasteiger partial charge in [-0.25, -0.2) is 12.7 Å². The number of nitrogens with zero attached hydrogens (tertiary/aromatic N) is 1. The van der Waals surface area contributed by atoms with Gasteiger partial charge >= 0.3 is 0 Å². The van der Waals surface area contributed by atoms with Crippen LogP contribution in [-0.2, 0) is 14.8 Å². The third kappa shape index (κ3) is 4.23. The van der Waals surface area contributed by atoms with Gasteiger partial charge in [-0.1, -0.05) is 0 Å². The summed E-state index contributed by atoms with van der Waals surface area (Å²) < 4.78 is 32.0. The number of sulfonamides is 1. The van der Waals surface area contributed by atoms with E-state index in [1.807, 2.05) is 6.92 Å². The van der Waals surface area contributed by atoms with Crippen LogP contribution in [0.25, 0.3) is 0 Å². The Morgan fingerprint density at radius 3 is 2.10 bits per heavy atom. The second-order valence-corrected chi connectivity index (χ2v) is 11.7. The third-order valence-electron chi connectivity index (χ3n) is 6.88. The molecule has 4 fully saturated rings. The number of amides is 1. The largest absolute Gasteiger partial charge is 0.370 e. The van der Waals surface area contributed by atoms with Crippen LogP contribution in [0.1, 0.15) is 55.8 Å². The van der Waals surface area contributed by atoms with Crippen LogP contribution in [0.2, 0.25) is 0 Å². The van der Waals surface area contributed by atoms with Crippen LogP contribution in [0.5, 0.6) is 0 Å². The molecule has 0 aromatic heterocycles. The summed E-state index contributed by atoms with van der Waals surface area (Å²) in [5, 5.41) is 2.94. The fraction of sp³-hybridized carbons (Fsp3) is 0.682. The molecule has 5 rings (SSSR count). The van der Waals surface area contributed by atoms with Crippen molar-refractivity contribution < 1.29 is 17.9 Å². The highest BCUT2D eigenvalue weighted by atomic mass is 32.2. The normalized spacial score (nSPS) is 31.8. The molecule has 1 aromatic carbocycles. The fourth-order valence-corrected chi connectivity index (χ4v) is 6.87. The molecule has 4 aliphatic rings. The summed E-state index contributed by atoms with van der Waals surface area (Å²) in [5.41, 5.74) is 0.478. The van der Waals surface area contributed by atoms with Crippen LogP contribution < -0.4 is 5.32 Å². The van der Waals surface area contributed by atoms with Gasteiger partial charge in [0.1, 0.15) is 0 Å². The monoisotopic (exact) mass is 420 g/mol. The van der Waals surface area contributed by atoms with Gasteiger partial charge in [0.2, 0.25) is 10.0 Å². The van der Waals surface area contributed by atoms with Gasteiger partial charge in [-0.05, 0) is 87.5 Å². The van der Waals surface area contributed by atoms with Gasteiger partial charge in [-0.15, -0.1) is 0 Å². The van der Waals surface area contributed by atoms with E-state index in [2.05, 4.69) is 5.32 Å². The highest BCUT2D eigenvalue weighted by molar-refractivity contribution is 7.89. The molecule has 4 bridgehead atoms. The van der Waals surface area contributed by atoms with Crippen LogP contribution in [0.3, 0.4) is 0 Å². The number of ether oxygens (including phenoxy) is 1. The van der Waals surface area contributed by atoms with E-state index in [-0.39, 0.29) is 22.5 Å². The smallest absolute Gasteiger partial charge is 0.251 e. The summed E-state index contributed by atoms with van der Waals surface area (Å²) in [4.78, 5) is 12.7. The molecule has 4 saturated carbocycles. The number of benzene rings is 1. The van der Waals surface area contributed by atoms with Gasteiger partial charge in [0, 0.05) is 26.2 Å². The lowest BCUT2D eigenvalue weighted by molar-refractivity contribution is -0.182. The highest BCUT2D eigenvalue weighted by Gasteiger charge is 2.52. The molecule has 7 heteroatoms. The van der Waals surface area contributed by atoms with E-state index in [1.54, 1.807) is 12.1 Å². The van der Waals surface area contributed by atoms with Gasteiger partial charge < -0.3 is 10.1 Å². The summed E-state index contributed by atoms with van der Waals surface area (Å²) >= 11 is 0. The number of carbonyl (C=O) groups is 1. The molecule has 0 unspecified atom stereocenters. The second-order valence-electron chi connectivity index (χ2n) is 9.55. The molecule has 0 heterocycles. The van der Waals surface area contributed by atoms with Gasteiger partial charge in [0.05, 0.1) is 16.6 Å². The van der Waals surface area contributed by atoms with Crippen molar-refractivity contribution in [2.45, 2.75) is 62.0 Å². The highest BCUT2D eigenvalue weighted by Crippen LogP contribution is 2.57. The first-order valence-electron chi connectivity index (χ1n) is 10.7. The van der Waals surface area contributed by atoms with Gasteiger partial charge in [-0.3, -0.25) is 4.79 Å². The van der Waals surface area contributed by atoms with Crippen molar-refractivity contribution in [1.82, 2.24) is 9.62 Å². The average Bonchev–Trinajstić information content (AvgIpc) is 2.64. The van der Waals surface area contributed by atoms with E-state index in [1.165, 1.54) is 64.8 Å². The van der Waals surface area contributed by atoms with Crippen LogP contribution in [0.4, 0.5) is 0 Å². The Balaban J connectivity index is 1.32. The van der Waals surface area contributed by atoms with E-state index in [4.69, 9.17) is 4.74 Å². The van der Waals surface area contributed by atoms with Gasteiger partial charge in [0.15, 0.2) is 0 Å². The molecule has 160 valence electrons. The van der Waals surface area contributed by atoms with E-state index in [9.17, 15) is 13.2 Å². The van der Waals surface area contributed by atoms with Crippen molar-refractivity contribution in [1.29, 1.82) is 0 Å². The Bertz CT molecular complexity index is 828.